The highest BCUT2D eigenvalue weighted by molar-refractivity contribution is 8.00. The van der Waals surface area contributed by atoms with Crippen LogP contribution in [0.25, 0.3) is 11.4 Å². The number of anilines is 1. The van der Waals surface area contributed by atoms with E-state index < -0.39 is 11.2 Å². The number of halogens is 1. The van der Waals surface area contributed by atoms with Gasteiger partial charge < -0.3 is 11.1 Å². The van der Waals surface area contributed by atoms with Crippen molar-refractivity contribution in [2.45, 2.75) is 17.3 Å². The molecule has 0 saturated heterocycles. The number of primary amides is 1. The van der Waals surface area contributed by atoms with Crippen LogP contribution < -0.4 is 11.1 Å². The standard InChI is InChI=1S/C18H16ClN5O2S/c1-10(17(26)21-14-8-4-11(5-9-14)15(20)25)27-18-22-16(23-24-18)12-2-6-13(19)7-3-12/h2-10H,1H3,(H2,20,25)(H,21,26)(H,22,23,24)/t10-/m0/s1. The van der Waals surface area contributed by atoms with Crippen LogP contribution in [-0.2, 0) is 4.79 Å². The maximum atomic E-state index is 12.3. The molecule has 3 rings (SSSR count). The van der Waals surface area contributed by atoms with Gasteiger partial charge in [0.25, 0.3) is 0 Å². The molecule has 0 fully saturated rings. The van der Waals surface area contributed by atoms with Crippen LogP contribution in [0.4, 0.5) is 5.69 Å². The number of aromatic amines is 1. The molecule has 138 valence electrons. The highest BCUT2D eigenvalue weighted by Crippen LogP contribution is 2.24. The molecule has 27 heavy (non-hydrogen) atoms. The minimum Gasteiger partial charge on any atom is -0.366 e. The number of carbonyl (C=O) groups is 2. The molecule has 9 heteroatoms. The number of hydrogen-bond acceptors (Lipinski definition) is 5. The van der Waals surface area contributed by atoms with Gasteiger partial charge in [-0.25, -0.2) is 4.98 Å². The Morgan fingerprint density at radius 2 is 1.81 bits per heavy atom. The third-order valence-corrected chi connectivity index (χ3v) is 4.88. The van der Waals surface area contributed by atoms with Crippen molar-refractivity contribution >= 4 is 40.9 Å². The molecule has 0 unspecified atom stereocenters. The summed E-state index contributed by atoms with van der Waals surface area (Å²) in [5.74, 6) is -0.119. The normalized spacial score (nSPS) is 11.8. The second-order valence-electron chi connectivity index (χ2n) is 5.66. The molecule has 1 atom stereocenters. The second kappa shape index (κ2) is 8.24. The summed E-state index contributed by atoms with van der Waals surface area (Å²) in [5.41, 5.74) is 7.01. The number of aromatic nitrogens is 3. The first kappa shape index (κ1) is 18.9. The Morgan fingerprint density at radius 3 is 2.44 bits per heavy atom. The van der Waals surface area contributed by atoms with Crippen LogP contribution in [0.2, 0.25) is 5.02 Å². The van der Waals surface area contributed by atoms with Gasteiger partial charge in [0, 0.05) is 21.8 Å². The summed E-state index contributed by atoms with van der Waals surface area (Å²) in [5, 5.41) is 10.5. The van der Waals surface area contributed by atoms with Crippen molar-refractivity contribution in [1.29, 1.82) is 0 Å². The van der Waals surface area contributed by atoms with Gasteiger partial charge in [-0.3, -0.25) is 14.7 Å². The van der Waals surface area contributed by atoms with Crippen LogP contribution in [0.3, 0.4) is 0 Å². The average Bonchev–Trinajstić information content (AvgIpc) is 3.11. The number of nitrogens with two attached hydrogens (primary N) is 1. The number of rotatable bonds is 6. The van der Waals surface area contributed by atoms with Crippen LogP contribution in [0.5, 0.6) is 0 Å². The number of nitrogens with one attached hydrogen (secondary N) is 2. The van der Waals surface area contributed by atoms with E-state index in [0.717, 1.165) is 5.56 Å². The predicted octanol–water partition coefficient (Wildman–Crippen LogP) is 3.34. The Labute approximate surface area is 164 Å². The fraction of sp³-hybridized carbons (Fsp3) is 0.111. The van der Waals surface area contributed by atoms with E-state index in [1.807, 2.05) is 12.1 Å². The van der Waals surface area contributed by atoms with Crippen molar-refractivity contribution in [3.8, 4) is 11.4 Å². The molecule has 1 aromatic heterocycles. The fourth-order valence-corrected chi connectivity index (χ4v) is 3.06. The smallest absolute Gasteiger partial charge is 0.248 e. The van der Waals surface area contributed by atoms with Gasteiger partial charge in [0.1, 0.15) is 0 Å². The molecular weight excluding hydrogens is 386 g/mol. The van der Waals surface area contributed by atoms with Crippen molar-refractivity contribution in [1.82, 2.24) is 15.2 Å². The molecule has 0 bridgehead atoms. The highest BCUT2D eigenvalue weighted by atomic mass is 35.5. The van der Waals surface area contributed by atoms with Crippen LogP contribution >= 0.6 is 23.4 Å². The Bertz CT molecular complexity index is 957. The number of thioether (sulfide) groups is 1. The maximum absolute atomic E-state index is 12.3. The highest BCUT2D eigenvalue weighted by Gasteiger charge is 2.18. The van der Waals surface area contributed by atoms with Crippen molar-refractivity contribution in [3.05, 3.63) is 59.1 Å². The molecule has 0 aliphatic rings. The zero-order chi connectivity index (χ0) is 19.4. The van der Waals surface area contributed by atoms with E-state index in [-0.39, 0.29) is 5.91 Å². The average molecular weight is 402 g/mol. The Balaban J connectivity index is 1.61. The van der Waals surface area contributed by atoms with Crippen LogP contribution in [0.1, 0.15) is 17.3 Å². The lowest BCUT2D eigenvalue weighted by Crippen LogP contribution is -2.22. The Hall–Kier alpha value is -2.84. The SMILES string of the molecule is C[C@H](Sc1n[nH]c(-c2ccc(Cl)cc2)n1)C(=O)Nc1ccc(C(N)=O)cc1. The zero-order valence-electron chi connectivity index (χ0n) is 14.3. The van der Waals surface area contributed by atoms with Gasteiger partial charge in [0.2, 0.25) is 17.0 Å². The van der Waals surface area contributed by atoms with E-state index in [0.29, 0.717) is 27.3 Å². The molecule has 2 amide bonds. The van der Waals surface area contributed by atoms with Gasteiger partial charge in [-0.2, -0.15) is 0 Å². The summed E-state index contributed by atoms with van der Waals surface area (Å²) < 4.78 is 0. The number of carbonyl (C=O) groups excluding carboxylic acids is 2. The van der Waals surface area contributed by atoms with Gasteiger partial charge in [-0.1, -0.05) is 23.4 Å². The molecule has 0 radical (unpaired) electrons. The first-order valence-corrected chi connectivity index (χ1v) is 9.24. The van der Waals surface area contributed by atoms with E-state index in [1.54, 1.807) is 43.3 Å². The van der Waals surface area contributed by atoms with Crippen molar-refractivity contribution < 1.29 is 9.59 Å². The number of hydrogen-bond donors (Lipinski definition) is 3. The number of benzene rings is 2. The second-order valence-corrected chi connectivity index (χ2v) is 7.41. The molecule has 2 aromatic carbocycles. The molecule has 0 aliphatic heterocycles. The topological polar surface area (TPSA) is 114 Å². The molecule has 0 aliphatic carbocycles. The van der Waals surface area contributed by atoms with Crippen molar-refractivity contribution in [2.75, 3.05) is 5.32 Å². The van der Waals surface area contributed by atoms with E-state index in [9.17, 15) is 9.59 Å². The summed E-state index contributed by atoms with van der Waals surface area (Å²) in [6.45, 7) is 1.76. The number of nitrogens with zero attached hydrogens (tertiary/aromatic N) is 2. The van der Waals surface area contributed by atoms with E-state index >= 15 is 0 Å². The molecule has 0 saturated carbocycles. The largest absolute Gasteiger partial charge is 0.366 e. The first-order chi connectivity index (χ1) is 12.9. The number of H-pyrrole nitrogens is 1. The maximum Gasteiger partial charge on any atom is 0.248 e. The lowest BCUT2D eigenvalue weighted by Gasteiger charge is -2.10. The lowest BCUT2D eigenvalue weighted by molar-refractivity contribution is -0.115. The van der Waals surface area contributed by atoms with Gasteiger partial charge >= 0.3 is 0 Å². The van der Waals surface area contributed by atoms with Crippen LogP contribution in [-0.4, -0.2) is 32.2 Å². The number of amides is 2. The summed E-state index contributed by atoms with van der Waals surface area (Å²) in [7, 11) is 0. The Morgan fingerprint density at radius 1 is 1.15 bits per heavy atom. The predicted molar refractivity (Wildman–Crippen MR) is 106 cm³/mol. The van der Waals surface area contributed by atoms with E-state index in [4.69, 9.17) is 17.3 Å². The third kappa shape index (κ3) is 4.87. The monoisotopic (exact) mass is 401 g/mol. The molecule has 4 N–H and O–H groups in total. The van der Waals surface area contributed by atoms with Gasteiger partial charge in [-0.05, 0) is 55.5 Å². The van der Waals surface area contributed by atoms with Gasteiger partial charge in [-0.15, -0.1) is 5.10 Å². The quantitative estimate of drug-likeness (QED) is 0.548. The molecule has 0 spiro atoms. The zero-order valence-corrected chi connectivity index (χ0v) is 15.8. The molecule has 3 aromatic rings. The van der Waals surface area contributed by atoms with Crippen molar-refractivity contribution in [2.24, 2.45) is 5.73 Å². The van der Waals surface area contributed by atoms with E-state index in [2.05, 4.69) is 20.5 Å². The minimum atomic E-state index is -0.516. The van der Waals surface area contributed by atoms with Gasteiger partial charge in [0.05, 0.1) is 5.25 Å². The lowest BCUT2D eigenvalue weighted by atomic mass is 10.2. The summed E-state index contributed by atoms with van der Waals surface area (Å²) >= 11 is 7.11. The minimum absolute atomic E-state index is 0.204. The summed E-state index contributed by atoms with van der Waals surface area (Å²) in [6, 6.07) is 13.6. The van der Waals surface area contributed by atoms with Crippen LogP contribution in [0, 0.1) is 0 Å². The van der Waals surface area contributed by atoms with Gasteiger partial charge in [0.15, 0.2) is 5.82 Å². The van der Waals surface area contributed by atoms with Crippen LogP contribution in [0.15, 0.2) is 53.7 Å². The van der Waals surface area contributed by atoms with E-state index in [1.165, 1.54) is 11.8 Å². The first-order valence-electron chi connectivity index (χ1n) is 7.98. The third-order valence-electron chi connectivity index (χ3n) is 3.67. The molecular formula is C18H16ClN5O2S. The molecule has 1 heterocycles. The van der Waals surface area contributed by atoms with Crippen molar-refractivity contribution in [3.63, 3.8) is 0 Å². The summed E-state index contributed by atoms with van der Waals surface area (Å²) in [4.78, 5) is 27.8. The summed E-state index contributed by atoms with van der Waals surface area (Å²) in [6.07, 6.45) is 0. The molecule has 7 nitrogen and oxygen atoms in total. The Kier molecular flexibility index (Phi) is 5.78. The fourth-order valence-electron chi connectivity index (χ4n) is 2.21.